The van der Waals surface area contributed by atoms with Gasteiger partial charge in [0.15, 0.2) is 5.78 Å². The molecule has 0 heterocycles. The van der Waals surface area contributed by atoms with Gasteiger partial charge >= 0.3 is 5.97 Å². The van der Waals surface area contributed by atoms with Gasteiger partial charge in [-0.15, -0.1) is 11.8 Å². The Hall–Kier alpha value is -1.33. The van der Waals surface area contributed by atoms with E-state index in [1.807, 2.05) is 19.3 Å². The highest BCUT2D eigenvalue weighted by molar-refractivity contribution is 8.01. The van der Waals surface area contributed by atoms with E-state index in [1.165, 1.54) is 17.8 Å². The fraction of sp³-hybridized carbons (Fsp3) is 0.579. The van der Waals surface area contributed by atoms with E-state index in [9.17, 15) is 14.7 Å². The molecule has 2 aliphatic carbocycles. The van der Waals surface area contributed by atoms with E-state index >= 15 is 0 Å². The van der Waals surface area contributed by atoms with Gasteiger partial charge in [-0.25, -0.2) is 4.79 Å². The summed E-state index contributed by atoms with van der Waals surface area (Å²) in [5.41, 5.74) is -0.114. The highest BCUT2D eigenvalue weighted by atomic mass is 32.2. The van der Waals surface area contributed by atoms with Crippen molar-refractivity contribution >= 4 is 23.5 Å². The van der Waals surface area contributed by atoms with Crippen LogP contribution in [0, 0.1) is 11.3 Å². The van der Waals surface area contributed by atoms with Crippen LogP contribution in [0.25, 0.3) is 0 Å². The van der Waals surface area contributed by atoms with E-state index in [4.69, 9.17) is 4.74 Å². The third-order valence-corrected chi connectivity index (χ3v) is 5.58. The first kappa shape index (κ1) is 19.0. The maximum atomic E-state index is 12.3. The number of allylic oxidation sites excluding steroid dienone is 3. The summed E-state index contributed by atoms with van der Waals surface area (Å²) >= 11 is 1.45. The number of aliphatic hydroxyl groups is 1. The van der Waals surface area contributed by atoms with Gasteiger partial charge in [0.2, 0.25) is 0 Å². The number of rotatable bonds is 4. The number of fused-ring (bicyclic) bond motifs is 1. The predicted octanol–water partition coefficient (Wildman–Crippen LogP) is 3.42. The van der Waals surface area contributed by atoms with Gasteiger partial charge in [0, 0.05) is 23.0 Å². The molecule has 132 valence electrons. The van der Waals surface area contributed by atoms with Gasteiger partial charge in [-0.3, -0.25) is 4.79 Å². The van der Waals surface area contributed by atoms with Crippen molar-refractivity contribution in [3.63, 3.8) is 0 Å². The van der Waals surface area contributed by atoms with Crippen molar-refractivity contribution in [2.24, 2.45) is 11.3 Å². The van der Waals surface area contributed by atoms with Crippen molar-refractivity contribution in [2.75, 3.05) is 6.26 Å². The summed E-state index contributed by atoms with van der Waals surface area (Å²) in [5.74, 6) is -0.439. The maximum absolute atomic E-state index is 12.3. The van der Waals surface area contributed by atoms with Crippen molar-refractivity contribution in [1.29, 1.82) is 0 Å². The number of hydrogen-bond donors (Lipinski definition) is 1. The zero-order valence-electron chi connectivity index (χ0n) is 15.0. The van der Waals surface area contributed by atoms with Crippen molar-refractivity contribution in [2.45, 2.75) is 52.2 Å². The molecule has 2 aliphatic rings. The Morgan fingerprint density at radius 3 is 2.75 bits per heavy atom. The number of esters is 1. The van der Waals surface area contributed by atoms with Gasteiger partial charge in [-0.05, 0) is 44.4 Å². The molecule has 1 N–H and O–H groups in total. The van der Waals surface area contributed by atoms with Crippen LogP contribution >= 0.6 is 11.8 Å². The molecule has 0 aliphatic heterocycles. The number of carbonyl (C=O) groups excluding carboxylic acids is 2. The Balaban J connectivity index is 2.28. The summed E-state index contributed by atoms with van der Waals surface area (Å²) in [4.78, 5) is 24.2. The highest BCUT2D eigenvalue weighted by Gasteiger charge is 2.46. The molecule has 3 atom stereocenters. The minimum Gasteiger partial charge on any atom is -0.459 e. The lowest BCUT2D eigenvalue weighted by Crippen LogP contribution is -2.44. The Morgan fingerprint density at radius 2 is 2.17 bits per heavy atom. The summed E-state index contributed by atoms with van der Waals surface area (Å²) in [6.07, 6.45) is 8.08. The molecule has 0 aromatic rings. The zero-order valence-corrected chi connectivity index (χ0v) is 15.8. The molecule has 0 amide bonds. The van der Waals surface area contributed by atoms with E-state index in [1.54, 1.807) is 25.3 Å². The lowest BCUT2D eigenvalue weighted by molar-refractivity contribution is -0.148. The average Bonchev–Trinajstić information content (AvgIpc) is 2.49. The molecule has 1 saturated carbocycles. The molecule has 0 aromatic heterocycles. The van der Waals surface area contributed by atoms with Crippen LogP contribution in [0.3, 0.4) is 0 Å². The van der Waals surface area contributed by atoms with Gasteiger partial charge in [-0.1, -0.05) is 25.5 Å². The van der Waals surface area contributed by atoms with Gasteiger partial charge in [0.1, 0.15) is 6.10 Å². The molecule has 5 heteroatoms. The summed E-state index contributed by atoms with van der Waals surface area (Å²) in [6, 6.07) is 0. The van der Waals surface area contributed by atoms with Gasteiger partial charge < -0.3 is 9.84 Å². The average molecular weight is 350 g/mol. The second kappa shape index (κ2) is 6.89. The molecule has 0 bridgehead atoms. The number of ether oxygens (including phenoxy) is 1. The van der Waals surface area contributed by atoms with Crippen molar-refractivity contribution in [1.82, 2.24) is 0 Å². The Morgan fingerprint density at radius 1 is 1.50 bits per heavy atom. The van der Waals surface area contributed by atoms with Crippen LogP contribution in [-0.2, 0) is 14.3 Å². The third kappa shape index (κ3) is 3.67. The Kier molecular flexibility index (Phi) is 5.45. The number of carbonyl (C=O) groups is 2. The smallest absolute Gasteiger partial charge is 0.331 e. The van der Waals surface area contributed by atoms with E-state index < -0.39 is 11.0 Å². The number of hydrogen-bond acceptors (Lipinski definition) is 5. The molecule has 0 spiro atoms. The van der Waals surface area contributed by atoms with Crippen molar-refractivity contribution < 1.29 is 19.4 Å². The van der Waals surface area contributed by atoms with Crippen LogP contribution in [0.4, 0.5) is 0 Å². The summed E-state index contributed by atoms with van der Waals surface area (Å²) in [6.45, 7) is 7.34. The van der Waals surface area contributed by atoms with Crippen LogP contribution in [0.2, 0.25) is 0 Å². The molecule has 2 rings (SSSR count). The first-order valence-corrected chi connectivity index (χ1v) is 9.49. The second-order valence-corrected chi connectivity index (χ2v) is 8.02. The van der Waals surface area contributed by atoms with Crippen LogP contribution < -0.4 is 0 Å². The SMILES string of the molecule is CS/C=C\C(=O)O[C@@H]1CCC2=CC(=O)C(C(C)(C)O)=C[C@]2(C)[C@H]1C. The lowest BCUT2D eigenvalue weighted by atomic mass is 9.60. The number of ketones is 1. The van der Waals surface area contributed by atoms with Crippen LogP contribution in [0.5, 0.6) is 0 Å². The molecule has 4 nitrogen and oxygen atoms in total. The quantitative estimate of drug-likeness (QED) is 0.622. The highest BCUT2D eigenvalue weighted by Crippen LogP contribution is 2.50. The minimum absolute atomic E-state index is 0.0228. The van der Waals surface area contributed by atoms with Crippen molar-refractivity contribution in [3.05, 3.63) is 34.8 Å². The fourth-order valence-corrected chi connectivity index (χ4v) is 3.75. The Labute approximate surface area is 148 Å². The van der Waals surface area contributed by atoms with E-state index in [0.717, 1.165) is 5.57 Å². The largest absolute Gasteiger partial charge is 0.459 e. The normalized spacial score (nSPS) is 30.7. The maximum Gasteiger partial charge on any atom is 0.331 e. The summed E-state index contributed by atoms with van der Waals surface area (Å²) in [5, 5.41) is 12.0. The van der Waals surface area contributed by atoms with Crippen molar-refractivity contribution in [3.8, 4) is 0 Å². The minimum atomic E-state index is -1.19. The second-order valence-electron chi connectivity index (χ2n) is 7.27. The first-order valence-electron chi connectivity index (χ1n) is 8.20. The van der Waals surface area contributed by atoms with Gasteiger partial charge in [0.05, 0.1) is 5.60 Å². The van der Waals surface area contributed by atoms with Gasteiger partial charge in [-0.2, -0.15) is 0 Å². The summed E-state index contributed by atoms with van der Waals surface area (Å²) in [7, 11) is 0. The zero-order chi connectivity index (χ0) is 18.1. The van der Waals surface area contributed by atoms with Crippen LogP contribution in [0.15, 0.2) is 34.8 Å². The molecule has 1 fully saturated rings. The van der Waals surface area contributed by atoms with E-state index in [2.05, 4.69) is 6.92 Å². The fourth-order valence-electron chi connectivity index (χ4n) is 3.51. The van der Waals surface area contributed by atoms with E-state index in [0.29, 0.717) is 18.4 Å². The molecule has 0 radical (unpaired) electrons. The lowest BCUT2D eigenvalue weighted by Gasteiger charge is -2.46. The van der Waals surface area contributed by atoms with Gasteiger partial charge in [0.25, 0.3) is 0 Å². The molecule has 0 saturated heterocycles. The molecule has 24 heavy (non-hydrogen) atoms. The monoisotopic (exact) mass is 350 g/mol. The summed E-state index contributed by atoms with van der Waals surface area (Å²) < 4.78 is 5.62. The first-order chi connectivity index (χ1) is 11.1. The molecule has 0 unspecified atom stereocenters. The number of thioether (sulfide) groups is 1. The predicted molar refractivity (Wildman–Crippen MR) is 96.5 cm³/mol. The molecular formula is C19H26O4S. The van der Waals surface area contributed by atoms with E-state index in [-0.39, 0.29) is 23.8 Å². The molecular weight excluding hydrogens is 324 g/mol. The topological polar surface area (TPSA) is 63.6 Å². The molecule has 0 aromatic carbocycles. The standard InChI is InChI=1S/C19H26O4S/c1-12-16(23-17(21)8-9-24-5)7-6-13-10-15(20)14(18(2,3)22)11-19(12,13)4/h8-12,16,22H,6-7H2,1-5H3/b9-8-/t12-,16+,19+/m0/s1. The Bertz CT molecular complexity index is 624. The third-order valence-electron chi connectivity index (χ3n) is 5.18. The van der Waals surface area contributed by atoms with Crippen LogP contribution in [0.1, 0.15) is 40.5 Å². The van der Waals surface area contributed by atoms with Crippen LogP contribution in [-0.4, -0.2) is 34.8 Å².